The number of hydrogen-bond acceptors (Lipinski definition) is 10. The number of halogens is 1. The van der Waals surface area contributed by atoms with E-state index in [-0.39, 0.29) is 42.6 Å². The van der Waals surface area contributed by atoms with Crippen molar-refractivity contribution < 1.29 is 33.0 Å². The maximum Gasteiger partial charge on any atom is 0.328 e. The molecule has 3 fully saturated rings. The van der Waals surface area contributed by atoms with Crippen LogP contribution in [0.15, 0.2) is 54.6 Å². The normalized spacial score (nSPS) is 20.3. The Kier molecular flexibility index (Phi) is 11.2. The third kappa shape index (κ3) is 8.22. The maximum absolute atomic E-state index is 14.4. The van der Waals surface area contributed by atoms with Crippen LogP contribution >= 0.6 is 0 Å². The SMILES string of the molecule is COC(=O)[C@@H]1C[C@H](C)CN1C(=O)CNC(=O)c1ccc2c(c1)nc(CN1CCC(c3cccc(OCc4ccc(C#N)cc4F)n3)CC1)n2C[C@@H]1CCO1. The molecular weight excluding hydrogens is 693 g/mol. The van der Waals surface area contributed by atoms with Gasteiger partial charge in [-0.05, 0) is 81.1 Å². The predicted octanol–water partition coefficient (Wildman–Crippen LogP) is 4.33. The molecule has 5 heterocycles. The van der Waals surface area contributed by atoms with E-state index in [2.05, 4.69) is 14.8 Å². The quantitative estimate of drug-likeness (QED) is 0.208. The van der Waals surface area contributed by atoms with E-state index in [4.69, 9.17) is 29.4 Å². The number of hydrogen-bond donors (Lipinski definition) is 1. The molecular formula is C40H44FN7O6. The van der Waals surface area contributed by atoms with E-state index < -0.39 is 23.7 Å². The number of pyridine rings is 1. The van der Waals surface area contributed by atoms with Crippen LogP contribution in [0.2, 0.25) is 0 Å². The highest BCUT2D eigenvalue weighted by Gasteiger charge is 2.38. The Morgan fingerprint density at radius 2 is 1.89 bits per heavy atom. The maximum atomic E-state index is 14.4. The van der Waals surface area contributed by atoms with Gasteiger partial charge in [0.1, 0.15) is 24.3 Å². The molecule has 7 rings (SSSR count). The number of fused-ring (bicyclic) bond motifs is 1. The smallest absolute Gasteiger partial charge is 0.328 e. The van der Waals surface area contributed by atoms with Gasteiger partial charge in [-0.2, -0.15) is 5.26 Å². The van der Waals surface area contributed by atoms with Gasteiger partial charge in [0.05, 0.1) is 55.5 Å². The van der Waals surface area contributed by atoms with Gasteiger partial charge in [0, 0.05) is 42.0 Å². The van der Waals surface area contributed by atoms with E-state index in [1.54, 1.807) is 30.3 Å². The number of nitrogens with one attached hydrogen (secondary N) is 1. The van der Waals surface area contributed by atoms with Crippen LogP contribution in [0.4, 0.5) is 4.39 Å². The van der Waals surface area contributed by atoms with Crippen molar-refractivity contribution in [1.82, 2.24) is 29.7 Å². The molecule has 1 N–H and O–H groups in total. The largest absolute Gasteiger partial charge is 0.473 e. The number of carbonyl (C=O) groups is 3. The summed E-state index contributed by atoms with van der Waals surface area (Å²) in [7, 11) is 1.31. The minimum absolute atomic E-state index is 0.0161. The van der Waals surface area contributed by atoms with Crippen molar-refractivity contribution >= 4 is 28.8 Å². The van der Waals surface area contributed by atoms with Gasteiger partial charge in [0.2, 0.25) is 11.8 Å². The molecule has 0 aliphatic carbocycles. The average molecular weight is 738 g/mol. The third-order valence-corrected chi connectivity index (χ3v) is 10.6. The number of nitrogens with zero attached hydrogens (tertiary/aromatic N) is 6. The van der Waals surface area contributed by atoms with Gasteiger partial charge >= 0.3 is 5.97 Å². The van der Waals surface area contributed by atoms with Crippen molar-refractivity contribution in [3.8, 4) is 11.9 Å². The van der Waals surface area contributed by atoms with Crippen molar-refractivity contribution in [2.24, 2.45) is 5.92 Å². The van der Waals surface area contributed by atoms with Gasteiger partial charge in [-0.15, -0.1) is 0 Å². The Bertz CT molecular complexity index is 2070. The van der Waals surface area contributed by atoms with E-state index >= 15 is 0 Å². The zero-order valence-corrected chi connectivity index (χ0v) is 30.5. The first-order valence-electron chi connectivity index (χ1n) is 18.5. The van der Waals surface area contributed by atoms with E-state index in [0.717, 1.165) is 56.0 Å². The second-order valence-corrected chi connectivity index (χ2v) is 14.4. The molecule has 3 aliphatic heterocycles. The topological polar surface area (TPSA) is 152 Å². The van der Waals surface area contributed by atoms with Gasteiger partial charge in [-0.25, -0.2) is 19.2 Å². The first kappa shape index (κ1) is 36.9. The minimum Gasteiger partial charge on any atom is -0.473 e. The summed E-state index contributed by atoms with van der Waals surface area (Å²) in [6, 6.07) is 16.7. The monoisotopic (exact) mass is 737 g/mol. The second kappa shape index (κ2) is 16.3. The van der Waals surface area contributed by atoms with Crippen LogP contribution in [0, 0.1) is 23.1 Å². The number of aromatic nitrogens is 3. The second-order valence-electron chi connectivity index (χ2n) is 14.4. The van der Waals surface area contributed by atoms with E-state index in [1.807, 2.05) is 31.2 Å². The lowest BCUT2D eigenvalue weighted by atomic mass is 9.93. The number of nitriles is 1. The molecule has 0 saturated carbocycles. The van der Waals surface area contributed by atoms with Crippen molar-refractivity contribution in [3.63, 3.8) is 0 Å². The minimum atomic E-state index is -0.638. The van der Waals surface area contributed by atoms with Crippen LogP contribution < -0.4 is 10.1 Å². The third-order valence-electron chi connectivity index (χ3n) is 10.6. The Balaban J connectivity index is 0.978. The first-order chi connectivity index (χ1) is 26.2. The van der Waals surface area contributed by atoms with Crippen LogP contribution in [0.3, 0.4) is 0 Å². The van der Waals surface area contributed by atoms with Crippen LogP contribution in [0.1, 0.15) is 71.5 Å². The molecule has 0 radical (unpaired) electrons. The number of esters is 1. The Labute approximate surface area is 313 Å². The summed E-state index contributed by atoms with van der Waals surface area (Å²) in [6.45, 7) is 5.93. The molecule has 3 aliphatic rings. The number of rotatable bonds is 12. The summed E-state index contributed by atoms with van der Waals surface area (Å²) in [5.74, 6) is 0.0826. The van der Waals surface area contributed by atoms with Crippen molar-refractivity contribution in [2.75, 3.05) is 39.9 Å². The van der Waals surface area contributed by atoms with Gasteiger partial charge in [-0.1, -0.05) is 19.1 Å². The zero-order valence-electron chi connectivity index (χ0n) is 30.5. The van der Waals surface area contributed by atoms with Gasteiger partial charge in [-0.3, -0.25) is 14.5 Å². The van der Waals surface area contributed by atoms with E-state index in [1.165, 1.54) is 18.1 Å². The molecule has 2 aromatic heterocycles. The van der Waals surface area contributed by atoms with Crippen LogP contribution in [0.5, 0.6) is 5.88 Å². The highest BCUT2D eigenvalue weighted by atomic mass is 19.1. The first-order valence-corrected chi connectivity index (χ1v) is 18.5. The molecule has 0 bridgehead atoms. The van der Waals surface area contributed by atoms with Crippen LogP contribution in [-0.4, -0.2) is 94.2 Å². The van der Waals surface area contributed by atoms with Crippen molar-refractivity contribution in [2.45, 2.75) is 70.4 Å². The van der Waals surface area contributed by atoms with Gasteiger partial charge < -0.3 is 29.0 Å². The zero-order chi connectivity index (χ0) is 37.8. The number of amides is 2. The lowest BCUT2D eigenvalue weighted by Crippen LogP contribution is -2.46. The van der Waals surface area contributed by atoms with Crippen LogP contribution in [-0.2, 0) is 38.8 Å². The number of piperidine rings is 1. The van der Waals surface area contributed by atoms with Crippen LogP contribution in [0.25, 0.3) is 11.0 Å². The average Bonchev–Trinajstić information content (AvgIpc) is 3.73. The number of ether oxygens (including phenoxy) is 3. The van der Waals surface area contributed by atoms with Crippen molar-refractivity contribution in [3.05, 3.63) is 88.6 Å². The molecule has 54 heavy (non-hydrogen) atoms. The number of likely N-dealkylation sites (tertiary alicyclic amines) is 2. The van der Waals surface area contributed by atoms with Gasteiger partial charge in [0.25, 0.3) is 5.91 Å². The summed E-state index contributed by atoms with van der Waals surface area (Å²) < 4.78 is 33.0. The number of methoxy groups -OCH3 is 1. The van der Waals surface area contributed by atoms with Gasteiger partial charge in [0.15, 0.2) is 0 Å². The molecule has 0 spiro atoms. The fourth-order valence-electron chi connectivity index (χ4n) is 7.53. The van der Waals surface area contributed by atoms with Crippen molar-refractivity contribution in [1.29, 1.82) is 5.26 Å². The molecule has 3 atom stereocenters. The highest BCUT2D eigenvalue weighted by molar-refractivity contribution is 5.99. The molecule has 282 valence electrons. The summed E-state index contributed by atoms with van der Waals surface area (Å²) in [4.78, 5) is 52.1. The molecule has 0 unspecified atom stereocenters. The summed E-state index contributed by atoms with van der Waals surface area (Å²) >= 11 is 0. The Hall–Kier alpha value is -5.39. The fourth-order valence-corrected chi connectivity index (χ4v) is 7.53. The summed E-state index contributed by atoms with van der Waals surface area (Å²) in [5.41, 5.74) is 3.56. The molecule has 2 amide bonds. The molecule has 4 aromatic rings. The lowest BCUT2D eigenvalue weighted by molar-refractivity contribution is -0.150. The predicted molar refractivity (Wildman–Crippen MR) is 195 cm³/mol. The Morgan fingerprint density at radius 1 is 1.07 bits per heavy atom. The summed E-state index contributed by atoms with van der Waals surface area (Å²) in [5, 5.41) is 11.7. The molecule has 3 saturated heterocycles. The standard InChI is InChI=1S/C40H44FN7O6/c1-25-16-35(40(51)52-2)48(21-25)38(49)20-43-39(50)28-8-9-34-33(18-28)44-36(47(34)22-30-12-15-53-30)23-46-13-10-27(11-14-46)32-4-3-5-37(45-32)54-24-29-7-6-26(19-42)17-31(29)41/h3-9,17-18,25,27,30,35H,10-16,20-24H2,1-2H3,(H,43,50)/t25-,30-,35-/m0/s1. The highest BCUT2D eigenvalue weighted by Crippen LogP contribution is 2.30. The fraction of sp³-hybridized carbons (Fsp3) is 0.450. The van der Waals surface area contributed by atoms with E-state index in [0.29, 0.717) is 48.6 Å². The number of carbonyl (C=O) groups excluding carboxylic acids is 3. The molecule has 13 nitrogen and oxygen atoms in total. The Morgan fingerprint density at radius 3 is 2.61 bits per heavy atom. The number of imidazole rings is 1. The molecule has 14 heteroatoms. The number of benzene rings is 2. The molecule has 2 aromatic carbocycles. The lowest BCUT2D eigenvalue weighted by Gasteiger charge is -2.32. The summed E-state index contributed by atoms with van der Waals surface area (Å²) in [6.07, 6.45) is 3.41. The van der Waals surface area contributed by atoms with E-state index in [9.17, 15) is 18.8 Å².